The van der Waals surface area contributed by atoms with Crippen molar-refractivity contribution in [3.8, 4) is 0 Å². The van der Waals surface area contributed by atoms with Crippen LogP contribution in [0, 0.1) is 5.92 Å². The quantitative estimate of drug-likeness (QED) is 0.808. The molecular weight excluding hydrogens is 254 g/mol. The standard InChI is InChI=1S/C15H27N3O2/c1-12-10-16-8-7-13(12)17-14(19)11-18-9-5-3-2-4-6-15(18)20/h12-13,16H,2-11H2,1H3,(H,17,19). The summed E-state index contributed by atoms with van der Waals surface area (Å²) in [6.07, 6.45) is 5.85. The van der Waals surface area contributed by atoms with E-state index in [0.29, 0.717) is 12.3 Å². The molecule has 2 N–H and O–H groups in total. The second-order valence-corrected chi connectivity index (χ2v) is 6.12. The minimum atomic E-state index is -0.00215. The number of nitrogens with zero attached hydrogens (tertiary/aromatic N) is 1. The molecule has 2 atom stereocenters. The zero-order valence-corrected chi connectivity index (χ0v) is 12.5. The van der Waals surface area contributed by atoms with E-state index in [-0.39, 0.29) is 24.4 Å². The average Bonchev–Trinajstić information content (AvgIpc) is 2.41. The second-order valence-electron chi connectivity index (χ2n) is 6.12. The number of hydrogen-bond donors (Lipinski definition) is 2. The Morgan fingerprint density at radius 3 is 2.95 bits per heavy atom. The summed E-state index contributed by atoms with van der Waals surface area (Å²) in [5.74, 6) is 0.589. The van der Waals surface area contributed by atoms with Crippen LogP contribution in [0.1, 0.15) is 45.4 Å². The van der Waals surface area contributed by atoms with E-state index in [1.54, 1.807) is 4.90 Å². The van der Waals surface area contributed by atoms with Crippen molar-refractivity contribution in [3.63, 3.8) is 0 Å². The Morgan fingerprint density at radius 2 is 2.15 bits per heavy atom. The molecule has 5 nitrogen and oxygen atoms in total. The summed E-state index contributed by atoms with van der Waals surface area (Å²) < 4.78 is 0. The highest BCUT2D eigenvalue weighted by Gasteiger charge is 2.24. The number of amides is 2. The monoisotopic (exact) mass is 281 g/mol. The Labute approximate surface area is 121 Å². The molecule has 0 aromatic carbocycles. The third-order valence-electron chi connectivity index (χ3n) is 4.39. The van der Waals surface area contributed by atoms with Gasteiger partial charge in [0.1, 0.15) is 0 Å². The van der Waals surface area contributed by atoms with Crippen molar-refractivity contribution in [3.05, 3.63) is 0 Å². The normalized spacial score (nSPS) is 28.6. The molecule has 0 spiro atoms. The van der Waals surface area contributed by atoms with Crippen LogP contribution in [-0.4, -0.2) is 48.9 Å². The fourth-order valence-electron chi connectivity index (χ4n) is 3.04. The first-order valence-electron chi connectivity index (χ1n) is 7.94. The van der Waals surface area contributed by atoms with Gasteiger partial charge < -0.3 is 15.5 Å². The van der Waals surface area contributed by atoms with Gasteiger partial charge in [-0.15, -0.1) is 0 Å². The molecule has 5 heteroatoms. The fraction of sp³-hybridized carbons (Fsp3) is 0.867. The minimum Gasteiger partial charge on any atom is -0.351 e. The number of likely N-dealkylation sites (tertiary alicyclic amines) is 1. The lowest BCUT2D eigenvalue weighted by molar-refractivity contribution is -0.137. The average molecular weight is 281 g/mol. The second kappa shape index (κ2) is 7.62. The van der Waals surface area contributed by atoms with Crippen molar-refractivity contribution in [1.29, 1.82) is 0 Å². The minimum absolute atomic E-state index is 0.00215. The van der Waals surface area contributed by atoms with Crippen molar-refractivity contribution >= 4 is 11.8 Å². The van der Waals surface area contributed by atoms with Crippen molar-refractivity contribution < 1.29 is 9.59 Å². The van der Waals surface area contributed by atoms with Crippen LogP contribution in [0.25, 0.3) is 0 Å². The molecule has 0 radical (unpaired) electrons. The molecule has 2 aliphatic rings. The Kier molecular flexibility index (Phi) is 5.83. The molecule has 2 aliphatic heterocycles. The maximum Gasteiger partial charge on any atom is 0.239 e. The molecule has 0 aromatic rings. The summed E-state index contributed by atoms with van der Waals surface area (Å²) in [6, 6.07) is 0.244. The molecule has 0 saturated carbocycles. The molecule has 2 unspecified atom stereocenters. The zero-order chi connectivity index (χ0) is 14.4. The first kappa shape index (κ1) is 15.3. The number of piperidine rings is 1. The van der Waals surface area contributed by atoms with Gasteiger partial charge in [0.05, 0.1) is 6.54 Å². The summed E-state index contributed by atoms with van der Waals surface area (Å²) in [5, 5.41) is 6.43. The molecule has 0 aliphatic carbocycles. The van der Waals surface area contributed by atoms with Gasteiger partial charge in [-0.25, -0.2) is 0 Å². The van der Waals surface area contributed by atoms with E-state index in [0.717, 1.165) is 51.7 Å². The first-order chi connectivity index (χ1) is 9.66. The Hall–Kier alpha value is -1.10. The van der Waals surface area contributed by atoms with Crippen LogP contribution >= 0.6 is 0 Å². The predicted molar refractivity (Wildman–Crippen MR) is 78.2 cm³/mol. The predicted octanol–water partition coefficient (Wildman–Crippen LogP) is 0.893. The lowest BCUT2D eigenvalue weighted by atomic mass is 9.95. The van der Waals surface area contributed by atoms with Gasteiger partial charge in [0.25, 0.3) is 0 Å². The highest BCUT2D eigenvalue weighted by Crippen LogP contribution is 2.13. The van der Waals surface area contributed by atoms with E-state index in [2.05, 4.69) is 17.6 Å². The highest BCUT2D eigenvalue weighted by molar-refractivity contribution is 5.85. The molecule has 2 fully saturated rings. The molecule has 0 aromatic heterocycles. The van der Waals surface area contributed by atoms with Gasteiger partial charge >= 0.3 is 0 Å². The fourth-order valence-corrected chi connectivity index (χ4v) is 3.04. The number of hydrogen-bond acceptors (Lipinski definition) is 3. The van der Waals surface area contributed by atoms with Crippen LogP contribution in [0.3, 0.4) is 0 Å². The van der Waals surface area contributed by atoms with Gasteiger partial charge in [-0.1, -0.05) is 19.8 Å². The molecule has 2 saturated heterocycles. The van der Waals surface area contributed by atoms with E-state index in [9.17, 15) is 9.59 Å². The van der Waals surface area contributed by atoms with E-state index in [1.807, 2.05) is 0 Å². The molecular formula is C15H27N3O2. The number of carbonyl (C=O) groups excluding carboxylic acids is 2. The maximum absolute atomic E-state index is 12.1. The smallest absolute Gasteiger partial charge is 0.239 e. The summed E-state index contributed by atoms with van der Waals surface area (Å²) in [6.45, 7) is 5.02. The van der Waals surface area contributed by atoms with Crippen molar-refractivity contribution in [2.45, 2.75) is 51.5 Å². The lowest BCUT2D eigenvalue weighted by Crippen LogP contribution is -2.51. The van der Waals surface area contributed by atoms with Gasteiger partial charge in [0.15, 0.2) is 0 Å². The highest BCUT2D eigenvalue weighted by atomic mass is 16.2. The van der Waals surface area contributed by atoms with Gasteiger partial charge in [-0.2, -0.15) is 0 Å². The first-order valence-corrected chi connectivity index (χ1v) is 7.94. The van der Waals surface area contributed by atoms with Crippen molar-refractivity contribution in [2.24, 2.45) is 5.92 Å². The number of nitrogens with one attached hydrogen (secondary N) is 2. The zero-order valence-electron chi connectivity index (χ0n) is 12.5. The van der Waals surface area contributed by atoms with E-state index in [4.69, 9.17) is 0 Å². The molecule has 2 amide bonds. The van der Waals surface area contributed by atoms with Crippen LogP contribution in [0.5, 0.6) is 0 Å². The third kappa shape index (κ3) is 4.47. The molecule has 2 heterocycles. The van der Waals surface area contributed by atoms with Crippen LogP contribution in [0.4, 0.5) is 0 Å². The Morgan fingerprint density at radius 1 is 1.35 bits per heavy atom. The van der Waals surface area contributed by atoms with Crippen molar-refractivity contribution in [2.75, 3.05) is 26.2 Å². The Bertz CT molecular complexity index is 346. The van der Waals surface area contributed by atoms with E-state index < -0.39 is 0 Å². The molecule has 114 valence electrons. The maximum atomic E-state index is 12.1. The van der Waals surface area contributed by atoms with Crippen LogP contribution < -0.4 is 10.6 Å². The SMILES string of the molecule is CC1CNCCC1NC(=O)CN1CCCCCCC1=O. The largest absolute Gasteiger partial charge is 0.351 e. The van der Waals surface area contributed by atoms with Crippen LogP contribution in [-0.2, 0) is 9.59 Å². The van der Waals surface area contributed by atoms with Crippen LogP contribution in [0.2, 0.25) is 0 Å². The number of rotatable bonds is 3. The van der Waals surface area contributed by atoms with Gasteiger partial charge in [0.2, 0.25) is 11.8 Å². The Balaban J connectivity index is 1.81. The van der Waals surface area contributed by atoms with E-state index in [1.165, 1.54) is 0 Å². The third-order valence-corrected chi connectivity index (χ3v) is 4.39. The lowest BCUT2D eigenvalue weighted by Gasteiger charge is -2.31. The van der Waals surface area contributed by atoms with E-state index >= 15 is 0 Å². The molecule has 20 heavy (non-hydrogen) atoms. The van der Waals surface area contributed by atoms with Crippen LogP contribution in [0.15, 0.2) is 0 Å². The topological polar surface area (TPSA) is 61.4 Å². The van der Waals surface area contributed by atoms with Gasteiger partial charge in [-0.05, 0) is 38.3 Å². The molecule has 2 rings (SSSR count). The number of carbonyl (C=O) groups is 2. The molecule has 0 bridgehead atoms. The summed E-state index contributed by atoms with van der Waals surface area (Å²) in [7, 11) is 0. The summed E-state index contributed by atoms with van der Waals surface area (Å²) >= 11 is 0. The summed E-state index contributed by atoms with van der Waals surface area (Å²) in [4.78, 5) is 25.9. The van der Waals surface area contributed by atoms with Gasteiger partial charge in [0, 0.05) is 19.0 Å². The van der Waals surface area contributed by atoms with Gasteiger partial charge in [-0.3, -0.25) is 9.59 Å². The van der Waals surface area contributed by atoms with Crippen molar-refractivity contribution in [1.82, 2.24) is 15.5 Å². The summed E-state index contributed by atoms with van der Waals surface area (Å²) in [5.41, 5.74) is 0.